The number of piperidine rings is 1. The van der Waals surface area contributed by atoms with Crippen molar-refractivity contribution < 1.29 is 14.3 Å². The fourth-order valence-electron chi connectivity index (χ4n) is 3.83. The third kappa shape index (κ3) is 4.51. The normalized spacial score (nSPS) is 17.9. The standard InChI is InChI=1S/C23H21N5O3S/c1-31-22(30)16-7-8-25-12-18(16)20-17(9-14(10-24)11-26-20)21(29)28-23-27-19(13-32-23)15-5-3-2-4-6-15/h2-6,9,11,13,16,18,25H,7-8,12H2,1H3,(H,27,28,29). The van der Waals surface area contributed by atoms with Gasteiger partial charge in [-0.25, -0.2) is 4.98 Å². The van der Waals surface area contributed by atoms with Gasteiger partial charge >= 0.3 is 5.97 Å². The number of aromatic nitrogens is 2. The van der Waals surface area contributed by atoms with Gasteiger partial charge < -0.3 is 10.1 Å². The smallest absolute Gasteiger partial charge is 0.309 e. The van der Waals surface area contributed by atoms with E-state index >= 15 is 0 Å². The molecule has 0 bridgehead atoms. The van der Waals surface area contributed by atoms with E-state index in [0.29, 0.717) is 30.3 Å². The van der Waals surface area contributed by atoms with E-state index in [9.17, 15) is 14.9 Å². The topological polar surface area (TPSA) is 117 Å². The molecule has 9 heteroatoms. The number of ether oxygens (including phenoxy) is 1. The number of benzene rings is 1. The summed E-state index contributed by atoms with van der Waals surface area (Å²) >= 11 is 1.31. The van der Waals surface area contributed by atoms with Crippen molar-refractivity contribution in [2.75, 3.05) is 25.5 Å². The van der Waals surface area contributed by atoms with Crippen molar-refractivity contribution in [1.82, 2.24) is 15.3 Å². The Labute approximate surface area is 189 Å². The molecule has 1 aromatic carbocycles. The number of carbonyl (C=O) groups excluding carboxylic acids is 2. The molecule has 1 amide bonds. The molecule has 2 atom stereocenters. The van der Waals surface area contributed by atoms with Crippen molar-refractivity contribution in [3.8, 4) is 17.3 Å². The Morgan fingerprint density at radius 3 is 2.88 bits per heavy atom. The number of esters is 1. The first kappa shape index (κ1) is 21.6. The summed E-state index contributed by atoms with van der Waals surface area (Å²) in [5, 5.41) is 17.7. The molecule has 0 saturated carbocycles. The minimum Gasteiger partial charge on any atom is -0.469 e. The first-order chi connectivity index (χ1) is 15.6. The summed E-state index contributed by atoms with van der Waals surface area (Å²) in [6.45, 7) is 1.16. The third-order valence-corrected chi connectivity index (χ3v) is 6.18. The van der Waals surface area contributed by atoms with Crippen molar-refractivity contribution in [2.45, 2.75) is 12.3 Å². The molecule has 2 aromatic heterocycles. The molecule has 162 valence electrons. The van der Waals surface area contributed by atoms with Gasteiger partial charge in [-0.3, -0.25) is 19.9 Å². The minimum absolute atomic E-state index is 0.253. The molecule has 0 aliphatic carbocycles. The van der Waals surface area contributed by atoms with Crippen LogP contribution >= 0.6 is 11.3 Å². The Morgan fingerprint density at radius 2 is 2.12 bits per heavy atom. The second-order valence-corrected chi connectivity index (χ2v) is 8.21. The van der Waals surface area contributed by atoms with Gasteiger partial charge in [0.2, 0.25) is 0 Å². The average molecular weight is 448 g/mol. The number of nitriles is 1. The zero-order valence-electron chi connectivity index (χ0n) is 17.4. The van der Waals surface area contributed by atoms with E-state index in [-0.39, 0.29) is 23.0 Å². The van der Waals surface area contributed by atoms with E-state index < -0.39 is 11.8 Å². The Hall–Kier alpha value is -3.61. The van der Waals surface area contributed by atoms with Crippen molar-refractivity contribution >= 4 is 28.3 Å². The molecule has 0 radical (unpaired) electrons. The van der Waals surface area contributed by atoms with Crippen molar-refractivity contribution in [3.63, 3.8) is 0 Å². The predicted octanol–water partition coefficient (Wildman–Crippen LogP) is 3.20. The number of methoxy groups -OCH3 is 1. The lowest BCUT2D eigenvalue weighted by Crippen LogP contribution is -2.40. The summed E-state index contributed by atoms with van der Waals surface area (Å²) in [5.41, 5.74) is 2.69. The molecule has 1 aliphatic heterocycles. The number of pyridine rings is 1. The average Bonchev–Trinajstić information content (AvgIpc) is 3.32. The molecular formula is C23H21N5O3S. The molecule has 0 spiro atoms. The first-order valence-corrected chi connectivity index (χ1v) is 11.0. The Bertz CT molecular complexity index is 1170. The van der Waals surface area contributed by atoms with Gasteiger partial charge in [0.25, 0.3) is 5.91 Å². The zero-order chi connectivity index (χ0) is 22.5. The zero-order valence-corrected chi connectivity index (χ0v) is 18.2. The molecule has 2 N–H and O–H groups in total. The van der Waals surface area contributed by atoms with Crippen LogP contribution in [0, 0.1) is 17.2 Å². The first-order valence-electron chi connectivity index (χ1n) is 10.1. The van der Waals surface area contributed by atoms with E-state index in [2.05, 4.69) is 20.6 Å². The minimum atomic E-state index is -0.423. The van der Waals surface area contributed by atoms with Crippen LogP contribution in [-0.2, 0) is 9.53 Å². The lowest BCUT2D eigenvalue weighted by Gasteiger charge is -2.30. The van der Waals surface area contributed by atoms with Crippen LogP contribution in [-0.4, -0.2) is 42.0 Å². The van der Waals surface area contributed by atoms with E-state index in [0.717, 1.165) is 11.3 Å². The number of hydrogen-bond acceptors (Lipinski definition) is 8. The van der Waals surface area contributed by atoms with Gasteiger partial charge in [0.05, 0.1) is 35.5 Å². The lowest BCUT2D eigenvalue weighted by atomic mass is 9.82. The Kier molecular flexibility index (Phi) is 6.54. The van der Waals surface area contributed by atoms with Gasteiger partial charge in [-0.2, -0.15) is 5.26 Å². The van der Waals surface area contributed by atoms with Crippen LogP contribution in [0.15, 0.2) is 48.0 Å². The summed E-state index contributed by atoms with van der Waals surface area (Å²) in [6.07, 6.45) is 2.00. The van der Waals surface area contributed by atoms with E-state index in [1.54, 1.807) is 0 Å². The fraction of sp³-hybridized carbons (Fsp3) is 0.261. The maximum Gasteiger partial charge on any atom is 0.309 e. The number of hydrogen-bond donors (Lipinski definition) is 2. The van der Waals surface area contributed by atoms with Gasteiger partial charge in [0, 0.05) is 29.6 Å². The highest BCUT2D eigenvalue weighted by molar-refractivity contribution is 7.14. The molecule has 3 aromatic rings. The Balaban J connectivity index is 1.64. The largest absolute Gasteiger partial charge is 0.469 e. The molecule has 2 unspecified atom stereocenters. The van der Waals surface area contributed by atoms with E-state index in [1.807, 2.05) is 41.8 Å². The summed E-state index contributed by atoms with van der Waals surface area (Å²) < 4.78 is 4.97. The third-order valence-electron chi connectivity index (χ3n) is 5.42. The van der Waals surface area contributed by atoms with Crippen LogP contribution in [0.3, 0.4) is 0 Å². The number of thiazole rings is 1. The number of carbonyl (C=O) groups is 2. The van der Waals surface area contributed by atoms with Crippen LogP contribution in [0.1, 0.15) is 34.0 Å². The van der Waals surface area contributed by atoms with Crippen LogP contribution in [0.5, 0.6) is 0 Å². The number of nitrogens with zero attached hydrogens (tertiary/aromatic N) is 3. The van der Waals surface area contributed by atoms with E-state index in [4.69, 9.17) is 4.74 Å². The van der Waals surface area contributed by atoms with Gasteiger partial charge in [-0.05, 0) is 19.0 Å². The molecule has 3 heterocycles. The monoisotopic (exact) mass is 447 g/mol. The molecule has 1 saturated heterocycles. The summed E-state index contributed by atoms with van der Waals surface area (Å²) in [6, 6.07) is 13.2. The van der Waals surface area contributed by atoms with Crippen molar-refractivity contribution in [3.05, 3.63) is 64.8 Å². The molecule has 32 heavy (non-hydrogen) atoms. The highest BCUT2D eigenvalue weighted by Crippen LogP contribution is 2.32. The van der Waals surface area contributed by atoms with Gasteiger partial charge in [-0.1, -0.05) is 30.3 Å². The van der Waals surface area contributed by atoms with Crippen LogP contribution in [0.4, 0.5) is 5.13 Å². The van der Waals surface area contributed by atoms with Crippen LogP contribution in [0.25, 0.3) is 11.3 Å². The van der Waals surface area contributed by atoms with Gasteiger partial charge in [0.15, 0.2) is 5.13 Å². The molecule has 8 nitrogen and oxygen atoms in total. The second-order valence-electron chi connectivity index (χ2n) is 7.36. The van der Waals surface area contributed by atoms with Crippen LogP contribution in [0.2, 0.25) is 0 Å². The number of anilines is 1. The lowest BCUT2D eigenvalue weighted by molar-refractivity contribution is -0.147. The fourth-order valence-corrected chi connectivity index (χ4v) is 4.54. The SMILES string of the molecule is COC(=O)C1CCNCC1c1ncc(C#N)cc1C(=O)Nc1nc(-c2ccccc2)cs1. The maximum atomic E-state index is 13.2. The molecule has 1 fully saturated rings. The summed E-state index contributed by atoms with van der Waals surface area (Å²) in [5.74, 6) is -1.52. The second kappa shape index (κ2) is 9.68. The van der Waals surface area contributed by atoms with E-state index in [1.165, 1.54) is 30.7 Å². The van der Waals surface area contributed by atoms with Crippen LogP contribution < -0.4 is 10.6 Å². The highest BCUT2D eigenvalue weighted by atomic mass is 32.1. The number of rotatable bonds is 5. The van der Waals surface area contributed by atoms with Crippen molar-refractivity contribution in [2.24, 2.45) is 5.92 Å². The number of nitrogens with one attached hydrogen (secondary N) is 2. The maximum absolute atomic E-state index is 13.2. The highest BCUT2D eigenvalue weighted by Gasteiger charge is 2.36. The van der Waals surface area contributed by atoms with Crippen molar-refractivity contribution in [1.29, 1.82) is 5.26 Å². The number of amides is 1. The molecular weight excluding hydrogens is 426 g/mol. The summed E-state index contributed by atoms with van der Waals surface area (Å²) in [4.78, 5) is 34.5. The predicted molar refractivity (Wildman–Crippen MR) is 120 cm³/mol. The van der Waals surface area contributed by atoms with Gasteiger partial charge in [0.1, 0.15) is 6.07 Å². The molecule has 1 aliphatic rings. The van der Waals surface area contributed by atoms with Gasteiger partial charge in [-0.15, -0.1) is 11.3 Å². The Morgan fingerprint density at radius 1 is 1.31 bits per heavy atom. The molecule has 4 rings (SSSR count). The summed E-state index contributed by atoms with van der Waals surface area (Å²) in [7, 11) is 1.36. The quantitative estimate of drug-likeness (QED) is 0.577.